The van der Waals surface area contributed by atoms with Gasteiger partial charge in [0.25, 0.3) is 0 Å². The Hall–Kier alpha value is -3.58. The molecular weight excluding hydrogens is 403 g/mol. The average Bonchev–Trinajstić information content (AvgIpc) is 3.10. The van der Waals surface area contributed by atoms with Gasteiger partial charge in [-0.25, -0.2) is 9.37 Å². The fourth-order valence-corrected chi connectivity index (χ4v) is 3.88. The molecule has 1 heterocycles. The Bertz CT molecular complexity index is 1240. The highest BCUT2D eigenvalue weighted by Gasteiger charge is 2.16. The maximum Gasteiger partial charge on any atom is 0.312 e. The molecule has 150 valence electrons. The number of nitro benzene ring substituents is 1. The molecule has 0 aliphatic carbocycles. The van der Waals surface area contributed by atoms with Crippen LogP contribution in [0.1, 0.15) is 21.7 Å². The van der Waals surface area contributed by atoms with Crippen molar-refractivity contribution in [2.24, 2.45) is 0 Å². The molecule has 0 amide bonds. The second-order valence-corrected chi connectivity index (χ2v) is 7.89. The Morgan fingerprint density at radius 3 is 2.50 bits per heavy atom. The highest BCUT2D eigenvalue weighted by molar-refractivity contribution is 7.19. The molecule has 5 nitrogen and oxygen atoms in total. The Balaban J connectivity index is 1.60. The van der Waals surface area contributed by atoms with Crippen LogP contribution in [0, 0.1) is 29.8 Å². The van der Waals surface area contributed by atoms with E-state index < -0.39 is 10.7 Å². The maximum atomic E-state index is 13.0. The number of nitro groups is 1. The van der Waals surface area contributed by atoms with E-state index in [9.17, 15) is 14.5 Å². The van der Waals surface area contributed by atoms with Gasteiger partial charge in [-0.05, 0) is 79.1 Å². The van der Waals surface area contributed by atoms with E-state index in [1.807, 2.05) is 6.08 Å². The maximum absolute atomic E-state index is 13.0. The first-order valence-electron chi connectivity index (χ1n) is 9.17. The number of thiazole rings is 1. The van der Waals surface area contributed by atoms with E-state index in [1.165, 1.54) is 47.5 Å². The van der Waals surface area contributed by atoms with E-state index in [0.29, 0.717) is 11.3 Å². The molecule has 0 saturated heterocycles. The number of aryl methyl sites for hydroxylation is 2. The summed E-state index contributed by atoms with van der Waals surface area (Å²) in [5.74, 6) is 0.00931. The van der Waals surface area contributed by atoms with Gasteiger partial charge >= 0.3 is 5.69 Å². The van der Waals surface area contributed by atoms with Crippen LogP contribution in [0.3, 0.4) is 0 Å². The standard InChI is InChI=1S/C23H17FN2O3S/c1-14-11-19-22(12-15(14)2)30-23(25-19)10-4-16-3-9-21(20(13-16)26(27)28)29-18-7-5-17(24)6-8-18/h3-13H,1-2H3. The van der Waals surface area contributed by atoms with Crippen LogP contribution in [0.4, 0.5) is 10.1 Å². The zero-order chi connectivity index (χ0) is 21.3. The second-order valence-electron chi connectivity index (χ2n) is 6.83. The largest absolute Gasteiger partial charge is 0.450 e. The molecule has 0 fully saturated rings. The normalized spacial score (nSPS) is 11.3. The second kappa shape index (κ2) is 8.04. The van der Waals surface area contributed by atoms with Crippen molar-refractivity contribution in [1.29, 1.82) is 0 Å². The van der Waals surface area contributed by atoms with E-state index in [1.54, 1.807) is 23.5 Å². The number of rotatable bonds is 5. The third-order valence-corrected chi connectivity index (χ3v) is 5.64. The van der Waals surface area contributed by atoms with Crippen LogP contribution in [0.2, 0.25) is 0 Å². The molecule has 3 aromatic carbocycles. The summed E-state index contributed by atoms with van der Waals surface area (Å²) in [5.41, 5.74) is 3.83. The van der Waals surface area contributed by atoms with Crippen LogP contribution in [0.25, 0.3) is 22.4 Å². The van der Waals surface area contributed by atoms with Crippen LogP contribution in [0.15, 0.2) is 54.6 Å². The minimum Gasteiger partial charge on any atom is -0.450 e. The number of ether oxygens (including phenoxy) is 1. The average molecular weight is 420 g/mol. The zero-order valence-electron chi connectivity index (χ0n) is 16.3. The van der Waals surface area contributed by atoms with E-state index in [2.05, 4.69) is 31.0 Å². The molecule has 4 rings (SSSR count). The molecule has 0 unspecified atom stereocenters. The first kappa shape index (κ1) is 19.7. The molecule has 0 aliphatic heterocycles. The van der Waals surface area contributed by atoms with Gasteiger partial charge in [0, 0.05) is 6.07 Å². The number of benzene rings is 3. The predicted octanol–water partition coefficient (Wildman–Crippen LogP) is 6.92. The molecule has 0 atom stereocenters. The highest BCUT2D eigenvalue weighted by Crippen LogP contribution is 2.33. The van der Waals surface area contributed by atoms with Gasteiger partial charge in [0.05, 0.1) is 15.1 Å². The molecule has 0 saturated carbocycles. The van der Waals surface area contributed by atoms with Gasteiger partial charge in [-0.1, -0.05) is 12.1 Å². The number of hydrogen-bond acceptors (Lipinski definition) is 5. The molecule has 0 aliphatic rings. The van der Waals surface area contributed by atoms with Gasteiger partial charge in [0.15, 0.2) is 0 Å². The van der Waals surface area contributed by atoms with Crippen LogP contribution in [-0.4, -0.2) is 9.91 Å². The van der Waals surface area contributed by atoms with Gasteiger partial charge < -0.3 is 4.74 Å². The molecule has 30 heavy (non-hydrogen) atoms. The Morgan fingerprint density at radius 2 is 1.77 bits per heavy atom. The summed E-state index contributed by atoms with van der Waals surface area (Å²) in [6.45, 7) is 4.12. The van der Waals surface area contributed by atoms with Crippen molar-refractivity contribution < 1.29 is 14.1 Å². The lowest BCUT2D eigenvalue weighted by Crippen LogP contribution is -1.94. The highest BCUT2D eigenvalue weighted by atomic mass is 32.1. The summed E-state index contributed by atoms with van der Waals surface area (Å²) in [4.78, 5) is 15.6. The number of fused-ring (bicyclic) bond motifs is 1. The van der Waals surface area contributed by atoms with Crippen molar-refractivity contribution in [3.8, 4) is 11.5 Å². The molecule has 4 aromatic rings. The Kier molecular flexibility index (Phi) is 5.29. The molecular formula is C23H17FN2O3S. The molecule has 7 heteroatoms. The van der Waals surface area contributed by atoms with Crippen molar-refractivity contribution in [3.63, 3.8) is 0 Å². The Morgan fingerprint density at radius 1 is 1.03 bits per heavy atom. The number of hydrogen-bond donors (Lipinski definition) is 0. The van der Waals surface area contributed by atoms with Crippen LogP contribution in [0.5, 0.6) is 11.5 Å². The SMILES string of the molecule is Cc1cc2nc(C=Cc3ccc(Oc4ccc(F)cc4)c([N+](=O)[O-])c3)sc2cc1C. The van der Waals surface area contributed by atoms with Gasteiger partial charge in [0.2, 0.25) is 5.75 Å². The third kappa shape index (κ3) is 4.21. The van der Waals surface area contributed by atoms with Gasteiger partial charge in [0.1, 0.15) is 16.6 Å². The fraction of sp³-hybridized carbons (Fsp3) is 0.0870. The first-order valence-corrected chi connectivity index (χ1v) is 9.98. The zero-order valence-corrected chi connectivity index (χ0v) is 17.1. The topological polar surface area (TPSA) is 65.3 Å². The first-order chi connectivity index (χ1) is 14.4. The van der Waals surface area contributed by atoms with E-state index in [4.69, 9.17) is 4.74 Å². The quantitative estimate of drug-likeness (QED) is 0.259. The summed E-state index contributed by atoms with van der Waals surface area (Å²) in [5, 5.41) is 12.3. The predicted molar refractivity (Wildman–Crippen MR) is 118 cm³/mol. The summed E-state index contributed by atoms with van der Waals surface area (Å²) < 4.78 is 19.7. The number of nitrogens with zero attached hydrogens (tertiary/aromatic N) is 2. The lowest BCUT2D eigenvalue weighted by Gasteiger charge is -2.07. The van der Waals surface area contributed by atoms with Crippen molar-refractivity contribution >= 4 is 39.4 Å². The number of aromatic nitrogens is 1. The van der Waals surface area contributed by atoms with Gasteiger partial charge in [-0.15, -0.1) is 11.3 Å². The lowest BCUT2D eigenvalue weighted by molar-refractivity contribution is -0.385. The van der Waals surface area contributed by atoms with Crippen molar-refractivity contribution in [3.05, 3.63) is 92.2 Å². The van der Waals surface area contributed by atoms with Crippen molar-refractivity contribution in [2.45, 2.75) is 13.8 Å². The van der Waals surface area contributed by atoms with Crippen molar-refractivity contribution in [2.75, 3.05) is 0 Å². The molecule has 1 aromatic heterocycles. The Labute approximate surface area is 176 Å². The smallest absolute Gasteiger partial charge is 0.312 e. The molecule has 0 radical (unpaired) electrons. The molecule has 0 N–H and O–H groups in total. The van der Waals surface area contributed by atoms with E-state index in [-0.39, 0.29) is 11.4 Å². The molecule has 0 spiro atoms. The minimum absolute atomic E-state index is 0.0923. The van der Waals surface area contributed by atoms with E-state index >= 15 is 0 Å². The summed E-state index contributed by atoms with van der Waals surface area (Å²) >= 11 is 1.57. The summed E-state index contributed by atoms with van der Waals surface area (Å²) in [7, 11) is 0. The number of halogens is 1. The van der Waals surface area contributed by atoms with Crippen LogP contribution < -0.4 is 4.74 Å². The minimum atomic E-state index is -0.501. The van der Waals surface area contributed by atoms with Crippen molar-refractivity contribution in [1.82, 2.24) is 4.98 Å². The monoisotopic (exact) mass is 420 g/mol. The van der Waals surface area contributed by atoms with Gasteiger partial charge in [-0.3, -0.25) is 10.1 Å². The fourth-order valence-electron chi connectivity index (χ4n) is 2.93. The van der Waals surface area contributed by atoms with Crippen LogP contribution in [-0.2, 0) is 0 Å². The van der Waals surface area contributed by atoms with E-state index in [0.717, 1.165) is 15.2 Å². The third-order valence-electron chi connectivity index (χ3n) is 4.66. The summed E-state index contributed by atoms with van der Waals surface area (Å²) in [6.07, 6.45) is 3.63. The molecule has 0 bridgehead atoms. The van der Waals surface area contributed by atoms with Gasteiger partial charge in [-0.2, -0.15) is 0 Å². The summed E-state index contributed by atoms with van der Waals surface area (Å²) in [6, 6.07) is 14.2. The lowest BCUT2D eigenvalue weighted by atomic mass is 10.1. The van der Waals surface area contributed by atoms with Crippen LogP contribution >= 0.6 is 11.3 Å².